The number of carbonyl (C=O) groups excluding carboxylic acids is 2. The summed E-state index contributed by atoms with van der Waals surface area (Å²) in [5.74, 6) is -1.07. The first-order valence-electron chi connectivity index (χ1n) is 7.50. The smallest absolute Gasteiger partial charge is 0.257 e. The molecule has 2 aromatic carbocycles. The molecule has 0 radical (unpaired) electrons. The first kappa shape index (κ1) is 16.3. The van der Waals surface area contributed by atoms with Crippen LogP contribution in [0.2, 0.25) is 0 Å². The van der Waals surface area contributed by atoms with Gasteiger partial charge in [0.05, 0.1) is 5.56 Å². The molecule has 3 rings (SSSR count). The van der Waals surface area contributed by atoms with E-state index in [-0.39, 0.29) is 11.8 Å². The molecule has 6 heteroatoms. The van der Waals surface area contributed by atoms with Crippen LogP contribution in [-0.4, -0.2) is 16.8 Å². The standard InChI is InChI=1S/C19H14FN3O2/c20-15-8-6-13(7-9-15)18(24)22-16-4-1-5-17(11-16)23-19(25)14-3-2-10-21-12-14/h1-12H,(H,22,24)(H,23,25). The number of nitrogens with one attached hydrogen (secondary N) is 2. The third-order valence-electron chi connectivity index (χ3n) is 3.41. The number of halogens is 1. The third-order valence-corrected chi connectivity index (χ3v) is 3.41. The van der Waals surface area contributed by atoms with Crippen molar-refractivity contribution in [2.24, 2.45) is 0 Å². The fourth-order valence-corrected chi connectivity index (χ4v) is 2.18. The number of nitrogens with zero attached hydrogens (tertiary/aromatic N) is 1. The van der Waals surface area contributed by atoms with E-state index in [0.717, 1.165) is 0 Å². The van der Waals surface area contributed by atoms with Crippen LogP contribution < -0.4 is 10.6 Å². The number of hydrogen-bond acceptors (Lipinski definition) is 3. The Hall–Kier alpha value is -3.54. The molecular formula is C19H14FN3O2. The Morgan fingerprint density at radius 3 is 2.04 bits per heavy atom. The number of amides is 2. The van der Waals surface area contributed by atoms with Crippen molar-refractivity contribution in [3.05, 3.63) is 90.0 Å². The van der Waals surface area contributed by atoms with Crippen LogP contribution in [0.25, 0.3) is 0 Å². The van der Waals surface area contributed by atoms with E-state index in [9.17, 15) is 14.0 Å². The predicted molar refractivity (Wildman–Crippen MR) is 93.0 cm³/mol. The maximum Gasteiger partial charge on any atom is 0.257 e. The van der Waals surface area contributed by atoms with Crippen molar-refractivity contribution in [3.63, 3.8) is 0 Å². The van der Waals surface area contributed by atoms with Gasteiger partial charge >= 0.3 is 0 Å². The van der Waals surface area contributed by atoms with E-state index in [1.54, 1.807) is 42.6 Å². The zero-order valence-corrected chi connectivity index (χ0v) is 13.1. The molecule has 2 amide bonds. The van der Waals surface area contributed by atoms with Gasteiger partial charge in [0.2, 0.25) is 0 Å². The van der Waals surface area contributed by atoms with Crippen LogP contribution in [0.3, 0.4) is 0 Å². The van der Waals surface area contributed by atoms with E-state index in [0.29, 0.717) is 22.5 Å². The molecule has 5 nitrogen and oxygen atoms in total. The predicted octanol–water partition coefficient (Wildman–Crippen LogP) is 3.73. The SMILES string of the molecule is O=C(Nc1cccc(NC(=O)c2cccnc2)c1)c1ccc(F)cc1. The first-order chi connectivity index (χ1) is 12.1. The van der Waals surface area contributed by atoms with Gasteiger partial charge in [0, 0.05) is 29.3 Å². The average molecular weight is 335 g/mol. The Bertz CT molecular complexity index is 896. The number of benzene rings is 2. The van der Waals surface area contributed by atoms with E-state index in [1.165, 1.54) is 30.5 Å². The monoisotopic (exact) mass is 335 g/mol. The van der Waals surface area contributed by atoms with E-state index >= 15 is 0 Å². The van der Waals surface area contributed by atoms with Crippen LogP contribution in [0.5, 0.6) is 0 Å². The molecule has 0 saturated carbocycles. The minimum absolute atomic E-state index is 0.296. The lowest BCUT2D eigenvalue weighted by Gasteiger charge is -2.09. The summed E-state index contributed by atoms with van der Waals surface area (Å²) in [6.07, 6.45) is 3.05. The molecule has 0 aliphatic rings. The maximum atomic E-state index is 12.9. The molecule has 1 aromatic heterocycles. The zero-order valence-electron chi connectivity index (χ0n) is 13.1. The van der Waals surface area contributed by atoms with Crippen molar-refractivity contribution in [1.82, 2.24) is 4.98 Å². The van der Waals surface area contributed by atoms with Gasteiger partial charge in [-0.05, 0) is 54.6 Å². The second kappa shape index (κ2) is 7.35. The van der Waals surface area contributed by atoms with Crippen molar-refractivity contribution in [3.8, 4) is 0 Å². The topological polar surface area (TPSA) is 71.1 Å². The van der Waals surface area contributed by atoms with E-state index in [2.05, 4.69) is 15.6 Å². The number of aromatic nitrogens is 1. The van der Waals surface area contributed by atoms with Crippen LogP contribution in [0, 0.1) is 5.82 Å². The molecular weight excluding hydrogens is 321 g/mol. The van der Waals surface area contributed by atoms with Crippen molar-refractivity contribution in [2.75, 3.05) is 10.6 Å². The lowest BCUT2D eigenvalue weighted by atomic mass is 10.2. The highest BCUT2D eigenvalue weighted by atomic mass is 19.1. The number of anilines is 2. The molecule has 2 N–H and O–H groups in total. The minimum Gasteiger partial charge on any atom is -0.322 e. The summed E-state index contributed by atoms with van der Waals surface area (Å²) in [7, 11) is 0. The van der Waals surface area contributed by atoms with Gasteiger partial charge < -0.3 is 10.6 Å². The van der Waals surface area contributed by atoms with Crippen molar-refractivity contribution in [1.29, 1.82) is 0 Å². The first-order valence-corrected chi connectivity index (χ1v) is 7.50. The molecule has 0 aliphatic carbocycles. The van der Waals surface area contributed by atoms with E-state index < -0.39 is 5.82 Å². The molecule has 1 heterocycles. The fraction of sp³-hybridized carbons (Fsp3) is 0. The Morgan fingerprint density at radius 2 is 1.44 bits per heavy atom. The van der Waals surface area contributed by atoms with Crippen LogP contribution >= 0.6 is 0 Å². The normalized spacial score (nSPS) is 10.1. The summed E-state index contributed by atoms with van der Waals surface area (Å²) in [5.41, 5.74) is 1.82. The van der Waals surface area contributed by atoms with Gasteiger partial charge in [-0.2, -0.15) is 0 Å². The second-order valence-electron chi connectivity index (χ2n) is 5.24. The van der Waals surface area contributed by atoms with Gasteiger partial charge in [-0.1, -0.05) is 6.07 Å². The summed E-state index contributed by atoms with van der Waals surface area (Å²) < 4.78 is 12.9. The largest absolute Gasteiger partial charge is 0.322 e. The molecule has 3 aromatic rings. The summed E-state index contributed by atoms with van der Waals surface area (Å²) in [6.45, 7) is 0. The second-order valence-corrected chi connectivity index (χ2v) is 5.24. The molecule has 25 heavy (non-hydrogen) atoms. The van der Waals surface area contributed by atoms with Crippen LogP contribution in [-0.2, 0) is 0 Å². The van der Waals surface area contributed by atoms with Gasteiger partial charge in [0.15, 0.2) is 0 Å². The van der Waals surface area contributed by atoms with Gasteiger partial charge in [0.25, 0.3) is 11.8 Å². The summed E-state index contributed by atoms with van der Waals surface area (Å²) >= 11 is 0. The Balaban J connectivity index is 1.70. The summed E-state index contributed by atoms with van der Waals surface area (Å²) in [5, 5.41) is 5.45. The molecule has 0 aliphatic heterocycles. The maximum absolute atomic E-state index is 12.9. The molecule has 0 atom stereocenters. The number of pyridine rings is 1. The van der Waals surface area contributed by atoms with Gasteiger partial charge in [-0.3, -0.25) is 14.6 Å². The third kappa shape index (κ3) is 4.26. The zero-order chi connectivity index (χ0) is 17.6. The molecule has 0 saturated heterocycles. The highest BCUT2D eigenvalue weighted by Crippen LogP contribution is 2.17. The van der Waals surface area contributed by atoms with Crippen molar-refractivity contribution < 1.29 is 14.0 Å². The van der Waals surface area contributed by atoms with Crippen molar-refractivity contribution >= 4 is 23.2 Å². The minimum atomic E-state index is -0.406. The number of rotatable bonds is 4. The average Bonchev–Trinajstić information content (AvgIpc) is 2.63. The fourth-order valence-electron chi connectivity index (χ4n) is 2.18. The Kier molecular flexibility index (Phi) is 4.80. The molecule has 124 valence electrons. The van der Waals surface area contributed by atoms with Gasteiger partial charge in [-0.15, -0.1) is 0 Å². The number of carbonyl (C=O) groups is 2. The quantitative estimate of drug-likeness (QED) is 0.763. The lowest BCUT2D eigenvalue weighted by molar-refractivity contribution is 0.101. The highest BCUT2D eigenvalue weighted by molar-refractivity contribution is 6.06. The summed E-state index contributed by atoms with van der Waals surface area (Å²) in [4.78, 5) is 28.2. The van der Waals surface area contributed by atoms with Gasteiger partial charge in [0.1, 0.15) is 5.82 Å². The summed E-state index contributed by atoms with van der Waals surface area (Å²) in [6, 6.07) is 15.3. The number of hydrogen-bond donors (Lipinski definition) is 2. The van der Waals surface area contributed by atoms with E-state index in [1.807, 2.05) is 0 Å². The highest BCUT2D eigenvalue weighted by Gasteiger charge is 2.09. The Morgan fingerprint density at radius 1 is 0.800 bits per heavy atom. The van der Waals surface area contributed by atoms with Crippen LogP contribution in [0.1, 0.15) is 20.7 Å². The van der Waals surface area contributed by atoms with Gasteiger partial charge in [-0.25, -0.2) is 4.39 Å². The van der Waals surface area contributed by atoms with Crippen LogP contribution in [0.15, 0.2) is 73.1 Å². The lowest BCUT2D eigenvalue weighted by Crippen LogP contribution is -2.14. The Labute approximate surface area is 143 Å². The van der Waals surface area contributed by atoms with Crippen molar-refractivity contribution in [2.45, 2.75) is 0 Å². The van der Waals surface area contributed by atoms with Crippen LogP contribution in [0.4, 0.5) is 15.8 Å². The molecule has 0 bridgehead atoms. The molecule has 0 unspecified atom stereocenters. The molecule has 0 fully saturated rings. The van der Waals surface area contributed by atoms with E-state index in [4.69, 9.17) is 0 Å². The molecule has 0 spiro atoms.